The minimum absolute atomic E-state index is 0.0255. The van der Waals surface area contributed by atoms with Crippen LogP contribution in [-0.4, -0.2) is 30.3 Å². The number of nitrogens with one attached hydrogen (secondary N) is 1. The van der Waals surface area contributed by atoms with Crippen molar-refractivity contribution in [3.05, 3.63) is 129 Å². The number of amides is 3. The van der Waals surface area contributed by atoms with Crippen molar-refractivity contribution in [1.29, 1.82) is 0 Å². The number of alkyl halides is 3. The first-order valence-corrected chi connectivity index (χ1v) is 14.4. The van der Waals surface area contributed by atoms with E-state index in [0.717, 1.165) is 39.3 Å². The van der Waals surface area contributed by atoms with Gasteiger partial charge in [0.05, 0.1) is 39.4 Å². The van der Waals surface area contributed by atoms with Gasteiger partial charge in [-0.3, -0.25) is 14.4 Å². The van der Waals surface area contributed by atoms with E-state index >= 15 is 0 Å². The summed E-state index contributed by atoms with van der Waals surface area (Å²) in [5, 5.41) is 2.08. The monoisotopic (exact) mass is 630 g/mol. The van der Waals surface area contributed by atoms with Crippen LogP contribution in [0.1, 0.15) is 50.0 Å². The van der Waals surface area contributed by atoms with Crippen molar-refractivity contribution in [3.63, 3.8) is 0 Å². The van der Waals surface area contributed by atoms with Gasteiger partial charge < -0.3 is 10.1 Å². The Hall–Kier alpha value is -4.96. The quantitative estimate of drug-likeness (QED) is 0.199. The van der Waals surface area contributed by atoms with Crippen LogP contribution in [0.15, 0.2) is 91.0 Å². The standard InChI is InChI=1S/C34H22ClF3N2O5/c35-24-13-12-18(34(36,37)38)15-25(24)39-26(41)16-45-33(44)17-6-5-7-19(14-17)40-31(42)29-27-20-8-1-2-9-21(20)28(30(29)32(40)43)23-11-4-3-10-22(23)27/h1-15,27-30H,16H2,(H,39,41)/t27?,28?,29-,30-/m1/s1. The summed E-state index contributed by atoms with van der Waals surface area (Å²) in [6, 6.07) is 24.0. The maximum Gasteiger partial charge on any atom is 0.416 e. The molecule has 4 aromatic carbocycles. The number of hydrogen-bond acceptors (Lipinski definition) is 5. The Morgan fingerprint density at radius 3 is 1.87 bits per heavy atom. The third kappa shape index (κ3) is 4.67. The maximum absolute atomic E-state index is 14.0. The van der Waals surface area contributed by atoms with Gasteiger partial charge in [-0.15, -0.1) is 0 Å². The van der Waals surface area contributed by atoms with Gasteiger partial charge in [0.1, 0.15) is 0 Å². The van der Waals surface area contributed by atoms with Gasteiger partial charge in [-0.1, -0.05) is 66.2 Å². The van der Waals surface area contributed by atoms with Gasteiger partial charge in [-0.25, -0.2) is 9.69 Å². The number of carbonyl (C=O) groups excluding carboxylic acids is 4. The smallest absolute Gasteiger partial charge is 0.416 e. The molecule has 45 heavy (non-hydrogen) atoms. The second kappa shape index (κ2) is 10.6. The van der Waals surface area contributed by atoms with Gasteiger partial charge in [0, 0.05) is 11.8 Å². The molecule has 0 radical (unpaired) electrons. The van der Waals surface area contributed by atoms with Crippen LogP contribution in [-0.2, 0) is 25.3 Å². The van der Waals surface area contributed by atoms with E-state index in [1.807, 2.05) is 48.5 Å². The van der Waals surface area contributed by atoms with E-state index in [0.29, 0.717) is 6.07 Å². The van der Waals surface area contributed by atoms with Crippen LogP contribution in [0.5, 0.6) is 0 Å². The van der Waals surface area contributed by atoms with E-state index in [2.05, 4.69) is 5.32 Å². The molecule has 1 saturated heterocycles. The number of hydrogen-bond donors (Lipinski definition) is 1. The second-order valence-corrected chi connectivity index (χ2v) is 11.6. The first kappa shape index (κ1) is 28.8. The number of esters is 1. The van der Waals surface area contributed by atoms with E-state index in [9.17, 15) is 32.3 Å². The molecule has 2 atom stereocenters. The van der Waals surface area contributed by atoms with Gasteiger partial charge in [0.2, 0.25) is 11.8 Å². The normalized spacial score (nSPS) is 21.2. The second-order valence-electron chi connectivity index (χ2n) is 11.1. The molecule has 0 unspecified atom stereocenters. The molecule has 11 heteroatoms. The highest BCUT2D eigenvalue weighted by atomic mass is 35.5. The summed E-state index contributed by atoms with van der Waals surface area (Å²) in [4.78, 5) is 54.4. The number of benzene rings is 4. The predicted octanol–water partition coefficient (Wildman–Crippen LogP) is 6.55. The van der Waals surface area contributed by atoms with Gasteiger partial charge in [-0.05, 0) is 58.7 Å². The summed E-state index contributed by atoms with van der Waals surface area (Å²) < 4.78 is 44.2. The van der Waals surface area contributed by atoms with Crippen molar-refractivity contribution in [2.75, 3.05) is 16.8 Å². The molecule has 2 bridgehead atoms. The molecule has 1 fully saturated rings. The summed E-state index contributed by atoms with van der Waals surface area (Å²) >= 11 is 5.92. The molecular formula is C34H22ClF3N2O5. The Morgan fingerprint density at radius 1 is 0.778 bits per heavy atom. The Morgan fingerprint density at radius 2 is 1.33 bits per heavy atom. The largest absolute Gasteiger partial charge is 0.452 e. The molecule has 7 nitrogen and oxygen atoms in total. The highest BCUT2D eigenvalue weighted by molar-refractivity contribution is 6.33. The molecule has 1 aliphatic heterocycles. The lowest BCUT2D eigenvalue weighted by Crippen LogP contribution is -2.41. The molecule has 0 aromatic heterocycles. The Balaban J connectivity index is 1.10. The van der Waals surface area contributed by atoms with E-state index in [-0.39, 0.29) is 45.6 Å². The summed E-state index contributed by atoms with van der Waals surface area (Å²) in [7, 11) is 0. The van der Waals surface area contributed by atoms with Crippen molar-refractivity contribution >= 4 is 46.7 Å². The zero-order valence-corrected chi connectivity index (χ0v) is 23.9. The number of ether oxygens (including phenoxy) is 1. The third-order valence-electron chi connectivity index (χ3n) is 8.69. The van der Waals surface area contributed by atoms with Crippen LogP contribution in [0.2, 0.25) is 5.02 Å². The number of imide groups is 1. The lowest BCUT2D eigenvalue weighted by Gasteiger charge is -2.45. The van der Waals surface area contributed by atoms with Crippen LogP contribution in [0.25, 0.3) is 0 Å². The predicted molar refractivity (Wildman–Crippen MR) is 158 cm³/mol. The fourth-order valence-corrected chi connectivity index (χ4v) is 7.07. The highest BCUT2D eigenvalue weighted by Crippen LogP contribution is 2.61. The molecule has 8 rings (SSSR count). The molecule has 0 spiro atoms. The fraction of sp³-hybridized carbons (Fsp3) is 0.176. The summed E-state index contributed by atoms with van der Waals surface area (Å²) in [6.45, 7) is -0.818. The Bertz CT molecular complexity index is 1810. The van der Waals surface area contributed by atoms with E-state index < -0.39 is 42.1 Å². The zero-order valence-electron chi connectivity index (χ0n) is 23.2. The summed E-state index contributed by atoms with van der Waals surface area (Å²) in [5.41, 5.74) is 3.01. The summed E-state index contributed by atoms with van der Waals surface area (Å²) in [5.74, 6) is -4.33. The van der Waals surface area contributed by atoms with Gasteiger partial charge >= 0.3 is 12.1 Å². The average molecular weight is 631 g/mol. The molecule has 4 aliphatic rings. The van der Waals surface area contributed by atoms with Crippen molar-refractivity contribution in [1.82, 2.24) is 0 Å². The first-order valence-electron chi connectivity index (χ1n) is 14.0. The van der Waals surface area contributed by atoms with Gasteiger partial charge in [-0.2, -0.15) is 13.2 Å². The van der Waals surface area contributed by atoms with E-state index in [1.165, 1.54) is 18.2 Å². The Labute approximate surface area is 259 Å². The number of nitrogens with zero attached hydrogens (tertiary/aromatic N) is 1. The minimum Gasteiger partial charge on any atom is -0.452 e. The maximum atomic E-state index is 14.0. The summed E-state index contributed by atoms with van der Waals surface area (Å²) in [6.07, 6.45) is -4.65. The SMILES string of the molecule is O=C(COC(=O)c1cccc(N2C(=O)[C@@H]3C4c5ccccc5C(c5ccccc54)[C@H]3C2=O)c1)Nc1cc(C(F)(F)F)ccc1Cl. The first-order chi connectivity index (χ1) is 21.5. The van der Waals surface area contributed by atoms with Crippen LogP contribution in [0.3, 0.4) is 0 Å². The number of carbonyl (C=O) groups is 4. The number of rotatable bonds is 5. The fourth-order valence-electron chi connectivity index (χ4n) is 6.90. The van der Waals surface area contributed by atoms with Crippen LogP contribution in [0.4, 0.5) is 24.5 Å². The zero-order chi connectivity index (χ0) is 31.6. The van der Waals surface area contributed by atoms with Crippen molar-refractivity contribution in [2.45, 2.75) is 18.0 Å². The molecule has 3 amide bonds. The topological polar surface area (TPSA) is 92.8 Å². The van der Waals surface area contributed by atoms with Crippen molar-refractivity contribution in [3.8, 4) is 0 Å². The molecule has 1 heterocycles. The third-order valence-corrected chi connectivity index (χ3v) is 9.02. The molecule has 226 valence electrons. The van der Waals surface area contributed by atoms with Gasteiger partial charge in [0.25, 0.3) is 5.91 Å². The van der Waals surface area contributed by atoms with Gasteiger partial charge in [0.15, 0.2) is 6.61 Å². The Kier molecular flexibility index (Phi) is 6.77. The van der Waals surface area contributed by atoms with Crippen LogP contribution < -0.4 is 10.2 Å². The lowest BCUT2D eigenvalue weighted by atomic mass is 9.55. The number of anilines is 2. The van der Waals surface area contributed by atoms with E-state index in [1.54, 1.807) is 6.07 Å². The lowest BCUT2D eigenvalue weighted by molar-refractivity contribution is -0.137. The van der Waals surface area contributed by atoms with Crippen molar-refractivity contribution < 1.29 is 37.1 Å². The van der Waals surface area contributed by atoms with Crippen molar-refractivity contribution in [2.24, 2.45) is 11.8 Å². The minimum atomic E-state index is -4.65. The van der Waals surface area contributed by atoms with Crippen LogP contribution in [0, 0.1) is 11.8 Å². The van der Waals surface area contributed by atoms with Crippen LogP contribution >= 0.6 is 11.6 Å². The molecule has 0 saturated carbocycles. The number of halogens is 4. The molecule has 4 aromatic rings. The average Bonchev–Trinajstić information content (AvgIpc) is 3.30. The van der Waals surface area contributed by atoms with E-state index in [4.69, 9.17) is 16.3 Å². The highest BCUT2D eigenvalue weighted by Gasteiger charge is 2.61. The molecule has 1 N–H and O–H groups in total. The molecule has 3 aliphatic carbocycles. The molecular weight excluding hydrogens is 609 g/mol.